The Balaban J connectivity index is 1.42. The fraction of sp³-hybridized carbons (Fsp3) is 0.526. The van der Waals surface area contributed by atoms with Gasteiger partial charge in [0.15, 0.2) is 5.13 Å². The number of rotatable bonds is 5. The van der Waals surface area contributed by atoms with Crippen molar-refractivity contribution >= 4 is 38.5 Å². The van der Waals surface area contributed by atoms with E-state index < -0.39 is 0 Å². The summed E-state index contributed by atoms with van der Waals surface area (Å²) in [5.74, 6) is 1.05. The van der Waals surface area contributed by atoms with E-state index in [1.807, 2.05) is 30.0 Å². The van der Waals surface area contributed by atoms with Gasteiger partial charge in [0.1, 0.15) is 5.75 Å². The molecule has 2 fully saturated rings. The van der Waals surface area contributed by atoms with Gasteiger partial charge in [0.25, 0.3) is 0 Å². The van der Waals surface area contributed by atoms with Crippen molar-refractivity contribution in [2.45, 2.75) is 32.6 Å². The van der Waals surface area contributed by atoms with Crippen LogP contribution in [0, 0.1) is 11.8 Å². The summed E-state index contributed by atoms with van der Waals surface area (Å²) in [5.41, 5.74) is 0.850. The van der Waals surface area contributed by atoms with Crippen LogP contribution in [0.15, 0.2) is 18.2 Å². The van der Waals surface area contributed by atoms with Crippen molar-refractivity contribution < 1.29 is 14.3 Å². The molecular formula is C19H23N3O3S. The highest BCUT2D eigenvalue weighted by Crippen LogP contribution is 2.33. The van der Waals surface area contributed by atoms with Crippen molar-refractivity contribution in [1.29, 1.82) is 0 Å². The van der Waals surface area contributed by atoms with E-state index in [1.165, 1.54) is 11.3 Å². The topological polar surface area (TPSA) is 71.5 Å². The normalized spacial score (nSPS) is 20.2. The predicted molar refractivity (Wildman–Crippen MR) is 101 cm³/mol. The maximum absolute atomic E-state index is 12.7. The van der Waals surface area contributed by atoms with E-state index in [1.54, 1.807) is 0 Å². The molecule has 138 valence electrons. The molecule has 1 N–H and O–H groups in total. The summed E-state index contributed by atoms with van der Waals surface area (Å²) in [6, 6.07) is 5.74. The fourth-order valence-corrected chi connectivity index (χ4v) is 4.30. The molecule has 4 rings (SSSR count). The van der Waals surface area contributed by atoms with Gasteiger partial charge in [-0.3, -0.25) is 9.59 Å². The number of hydrogen-bond donors (Lipinski definition) is 1. The lowest BCUT2D eigenvalue weighted by Crippen LogP contribution is -2.44. The summed E-state index contributed by atoms with van der Waals surface area (Å²) in [7, 11) is 0. The van der Waals surface area contributed by atoms with E-state index in [0.29, 0.717) is 18.3 Å². The van der Waals surface area contributed by atoms with Crippen molar-refractivity contribution in [3.63, 3.8) is 0 Å². The number of ether oxygens (including phenoxy) is 1. The van der Waals surface area contributed by atoms with Crippen LogP contribution < -0.4 is 10.1 Å². The molecule has 1 saturated carbocycles. The number of benzene rings is 1. The minimum Gasteiger partial charge on any atom is -0.494 e. The SMILES string of the molecule is CCOc1ccc2nc(NC(=O)C3CCCN(C(=O)C4CC4)C3)sc2c1. The number of carbonyl (C=O) groups is 2. The second-order valence-corrected chi connectivity index (χ2v) is 8.00. The average Bonchev–Trinajstić information content (AvgIpc) is 3.42. The lowest BCUT2D eigenvalue weighted by atomic mass is 9.97. The molecule has 1 unspecified atom stereocenters. The molecule has 2 aromatic rings. The molecule has 1 aliphatic heterocycles. The Hall–Kier alpha value is -2.15. The van der Waals surface area contributed by atoms with Crippen LogP contribution in [0.25, 0.3) is 10.2 Å². The predicted octanol–water partition coefficient (Wildman–Crippen LogP) is 3.28. The Morgan fingerprint density at radius 1 is 1.31 bits per heavy atom. The molecule has 2 heterocycles. The molecule has 0 spiro atoms. The van der Waals surface area contributed by atoms with Gasteiger partial charge in [-0.25, -0.2) is 4.98 Å². The van der Waals surface area contributed by atoms with Gasteiger partial charge in [-0.1, -0.05) is 11.3 Å². The lowest BCUT2D eigenvalue weighted by molar-refractivity contribution is -0.135. The summed E-state index contributed by atoms with van der Waals surface area (Å²) >= 11 is 1.45. The van der Waals surface area contributed by atoms with Crippen molar-refractivity contribution in [1.82, 2.24) is 9.88 Å². The number of nitrogens with one attached hydrogen (secondary N) is 1. The number of nitrogens with zero attached hydrogens (tertiary/aromatic N) is 2. The first-order valence-corrected chi connectivity index (χ1v) is 10.1. The zero-order valence-electron chi connectivity index (χ0n) is 14.9. The molecule has 1 aromatic heterocycles. The first-order valence-electron chi connectivity index (χ1n) is 9.27. The van der Waals surface area contributed by atoms with E-state index >= 15 is 0 Å². The van der Waals surface area contributed by atoms with Crippen LogP contribution in [0.1, 0.15) is 32.6 Å². The molecule has 1 aliphatic carbocycles. The van der Waals surface area contributed by atoms with Crippen LogP contribution in [0.3, 0.4) is 0 Å². The Kier molecular flexibility index (Phi) is 4.80. The number of fused-ring (bicyclic) bond motifs is 1. The van der Waals surface area contributed by atoms with Gasteiger partial charge in [0.05, 0.1) is 22.7 Å². The maximum Gasteiger partial charge on any atom is 0.231 e. The maximum atomic E-state index is 12.7. The fourth-order valence-electron chi connectivity index (χ4n) is 3.40. The van der Waals surface area contributed by atoms with Gasteiger partial charge in [0, 0.05) is 19.0 Å². The highest BCUT2D eigenvalue weighted by atomic mass is 32.1. The van der Waals surface area contributed by atoms with E-state index in [4.69, 9.17) is 4.74 Å². The lowest BCUT2D eigenvalue weighted by Gasteiger charge is -2.32. The highest BCUT2D eigenvalue weighted by Gasteiger charge is 2.36. The van der Waals surface area contributed by atoms with Crippen LogP contribution >= 0.6 is 11.3 Å². The Labute approximate surface area is 156 Å². The quantitative estimate of drug-likeness (QED) is 0.873. The Morgan fingerprint density at radius 2 is 2.15 bits per heavy atom. The third-order valence-electron chi connectivity index (χ3n) is 4.93. The number of thiazole rings is 1. The molecule has 0 radical (unpaired) electrons. The molecule has 6 nitrogen and oxygen atoms in total. The van der Waals surface area contributed by atoms with Gasteiger partial charge >= 0.3 is 0 Å². The van der Waals surface area contributed by atoms with Gasteiger partial charge in [-0.15, -0.1) is 0 Å². The molecular weight excluding hydrogens is 350 g/mol. The van der Waals surface area contributed by atoms with Crippen LogP contribution in [0.2, 0.25) is 0 Å². The molecule has 0 bridgehead atoms. The number of aromatic nitrogens is 1. The van der Waals surface area contributed by atoms with Crippen LogP contribution in [-0.2, 0) is 9.59 Å². The molecule has 26 heavy (non-hydrogen) atoms. The first kappa shape index (κ1) is 17.3. The summed E-state index contributed by atoms with van der Waals surface area (Å²) < 4.78 is 6.50. The molecule has 7 heteroatoms. The third kappa shape index (κ3) is 3.67. The van der Waals surface area contributed by atoms with Gasteiger partial charge in [-0.2, -0.15) is 0 Å². The number of carbonyl (C=O) groups excluding carboxylic acids is 2. The largest absolute Gasteiger partial charge is 0.494 e. The number of hydrogen-bond acceptors (Lipinski definition) is 5. The van der Waals surface area contributed by atoms with E-state index in [-0.39, 0.29) is 23.7 Å². The standard InChI is InChI=1S/C19H23N3O3S/c1-2-25-14-7-8-15-16(10-14)26-19(20-15)21-17(23)13-4-3-9-22(11-13)18(24)12-5-6-12/h7-8,10,12-13H,2-6,9,11H2,1H3,(H,20,21,23). The Bertz CT molecular complexity index is 831. The minimum absolute atomic E-state index is 0.0395. The van der Waals surface area contributed by atoms with Crippen molar-refractivity contribution in [2.24, 2.45) is 11.8 Å². The van der Waals surface area contributed by atoms with Crippen LogP contribution in [-0.4, -0.2) is 41.4 Å². The van der Waals surface area contributed by atoms with E-state index in [0.717, 1.165) is 48.2 Å². The first-order chi connectivity index (χ1) is 12.6. The third-order valence-corrected chi connectivity index (χ3v) is 5.87. The van der Waals surface area contributed by atoms with Crippen molar-refractivity contribution in [3.05, 3.63) is 18.2 Å². The van der Waals surface area contributed by atoms with E-state index in [9.17, 15) is 9.59 Å². The summed E-state index contributed by atoms with van der Waals surface area (Å²) in [6.07, 6.45) is 3.71. The molecule has 1 aromatic carbocycles. The smallest absolute Gasteiger partial charge is 0.231 e. The summed E-state index contributed by atoms with van der Waals surface area (Å²) in [4.78, 5) is 31.3. The van der Waals surface area contributed by atoms with Crippen molar-refractivity contribution in [3.8, 4) is 5.75 Å². The van der Waals surface area contributed by atoms with Gasteiger partial charge in [0.2, 0.25) is 11.8 Å². The number of piperidine rings is 1. The Morgan fingerprint density at radius 3 is 2.92 bits per heavy atom. The summed E-state index contributed by atoms with van der Waals surface area (Å²) in [6.45, 7) is 3.87. The van der Waals surface area contributed by atoms with Crippen LogP contribution in [0.5, 0.6) is 5.75 Å². The van der Waals surface area contributed by atoms with Gasteiger partial charge in [-0.05, 0) is 50.8 Å². The number of amides is 2. The molecule has 2 aliphatic rings. The summed E-state index contributed by atoms with van der Waals surface area (Å²) in [5, 5.41) is 3.55. The highest BCUT2D eigenvalue weighted by molar-refractivity contribution is 7.22. The second kappa shape index (κ2) is 7.23. The molecule has 1 atom stereocenters. The average molecular weight is 373 g/mol. The zero-order chi connectivity index (χ0) is 18.1. The number of likely N-dealkylation sites (tertiary alicyclic amines) is 1. The number of anilines is 1. The minimum atomic E-state index is -0.155. The monoisotopic (exact) mass is 373 g/mol. The van der Waals surface area contributed by atoms with E-state index in [2.05, 4.69) is 10.3 Å². The zero-order valence-corrected chi connectivity index (χ0v) is 15.7. The van der Waals surface area contributed by atoms with Crippen LogP contribution in [0.4, 0.5) is 5.13 Å². The second-order valence-electron chi connectivity index (χ2n) is 6.97. The molecule has 2 amide bonds. The van der Waals surface area contributed by atoms with Gasteiger partial charge < -0.3 is 15.0 Å². The molecule has 1 saturated heterocycles. The van der Waals surface area contributed by atoms with Crippen molar-refractivity contribution in [2.75, 3.05) is 25.0 Å².